The van der Waals surface area contributed by atoms with Gasteiger partial charge in [0.2, 0.25) is 0 Å². The van der Waals surface area contributed by atoms with E-state index in [1.807, 2.05) is 50.6 Å². The number of aromatic nitrogens is 10. The summed E-state index contributed by atoms with van der Waals surface area (Å²) < 4.78 is 21.2. The van der Waals surface area contributed by atoms with Crippen LogP contribution in [0.5, 0.6) is 0 Å². The molecule has 0 spiro atoms. The van der Waals surface area contributed by atoms with Gasteiger partial charge in [-0.3, -0.25) is 4.79 Å². The summed E-state index contributed by atoms with van der Waals surface area (Å²) in [5.74, 6) is 1.26. The van der Waals surface area contributed by atoms with E-state index in [-0.39, 0.29) is 24.0 Å². The highest BCUT2D eigenvalue weighted by Gasteiger charge is 2.38. The molecule has 3 aliphatic rings. The lowest BCUT2D eigenvalue weighted by molar-refractivity contribution is 0.0448. The minimum atomic E-state index is -0.812. The van der Waals surface area contributed by atoms with Crippen LogP contribution in [0.4, 0.5) is 16.0 Å². The summed E-state index contributed by atoms with van der Waals surface area (Å²) in [5, 5.41) is 33.2. The zero-order valence-electron chi connectivity index (χ0n) is 37.7. The average molecular weight is 894 g/mol. The van der Waals surface area contributed by atoms with Gasteiger partial charge in [0.25, 0.3) is 5.91 Å². The number of rotatable bonds is 13. The lowest BCUT2D eigenvalue weighted by Crippen LogP contribution is -2.50. The van der Waals surface area contributed by atoms with Gasteiger partial charge in [0.1, 0.15) is 34.7 Å². The van der Waals surface area contributed by atoms with Gasteiger partial charge in [-0.1, -0.05) is 13.0 Å². The van der Waals surface area contributed by atoms with Crippen molar-refractivity contribution in [3.8, 4) is 22.5 Å². The second-order valence-electron chi connectivity index (χ2n) is 17.8. The molecule has 9 heterocycles. The summed E-state index contributed by atoms with van der Waals surface area (Å²) in [5.41, 5.74) is 8.33. The van der Waals surface area contributed by atoms with Gasteiger partial charge in [-0.2, -0.15) is 19.2 Å². The number of anilines is 2. The zero-order chi connectivity index (χ0) is 45.6. The summed E-state index contributed by atoms with van der Waals surface area (Å²) in [6.45, 7) is 12.6. The number of pyridine rings is 2. The fraction of sp³-hybridized carbons (Fsp3) is 0.396. The number of carbonyl (C=O) groups is 1. The molecule has 1 saturated heterocycles. The van der Waals surface area contributed by atoms with E-state index in [9.17, 15) is 14.3 Å². The number of aliphatic hydroxyl groups is 1. The number of piperidine rings is 1. The van der Waals surface area contributed by atoms with Crippen LogP contribution in [0.3, 0.4) is 0 Å². The molecule has 8 aromatic rings. The van der Waals surface area contributed by atoms with Gasteiger partial charge in [0.15, 0.2) is 11.3 Å². The number of alkyl halides is 1. The van der Waals surface area contributed by atoms with Gasteiger partial charge in [0.05, 0.1) is 47.5 Å². The maximum atomic E-state index is 13.5. The average Bonchev–Trinajstić information content (AvgIpc) is 3.82. The minimum absolute atomic E-state index is 0.173. The molecule has 11 rings (SSSR count). The Bertz CT molecular complexity index is 3090. The molecular weight excluding hydrogens is 838 g/mol. The van der Waals surface area contributed by atoms with E-state index < -0.39 is 12.3 Å². The number of carbonyl (C=O) groups excluding carboxylic acids is 1. The lowest BCUT2D eigenvalue weighted by Gasteiger charge is -2.32. The maximum Gasteiger partial charge on any atom is 0.257 e. The number of hydrogen-bond acceptors (Lipinski definition) is 12. The van der Waals surface area contributed by atoms with Crippen LogP contribution >= 0.6 is 0 Å². The highest BCUT2D eigenvalue weighted by atomic mass is 19.1. The van der Waals surface area contributed by atoms with E-state index in [0.717, 1.165) is 81.3 Å². The van der Waals surface area contributed by atoms with Crippen molar-refractivity contribution in [3.63, 3.8) is 0 Å². The first-order chi connectivity index (χ1) is 32.1. The quantitative estimate of drug-likeness (QED) is 0.0841. The number of halogens is 1. The zero-order valence-corrected chi connectivity index (χ0v) is 37.7. The van der Waals surface area contributed by atoms with Crippen molar-refractivity contribution < 1.29 is 14.3 Å². The van der Waals surface area contributed by atoms with Crippen LogP contribution in [0.25, 0.3) is 61.6 Å². The molecule has 0 radical (unpaired) electrons. The molecule has 342 valence electrons. The fourth-order valence-electron chi connectivity index (χ4n) is 9.05. The SMILES string of the molecule is C=C(N[C@H]1C[C@H]1F)c1cnn2c(NC)cc(-c3cn(CCN4CCCCC4)c4ncccc34)nc12.CNc1cc(-c2cn(C(C)C)c3ncccc23)nc2c(C(=O)N[C@@H]3CC[C@@H]3O)cnn12. The molecule has 5 N–H and O–H groups in total. The fourth-order valence-corrected chi connectivity index (χ4v) is 9.05. The first-order valence-corrected chi connectivity index (χ1v) is 22.9. The standard InChI is InChI=1S/C26H31FN8.C22H25N7O2/c1-17(31-23-13-21(23)27)19-15-30-35-24(28-2)14-22(32-26(19)35)20-16-34(25-18(20)7-6-8-29-25)12-11-33-9-4-3-5-10-33;1-12(2)28-11-15(13-5-4-8-24-20(13)28)17-9-19(23-3)29-21(26-17)14(10-25-29)22(31)27-16-6-7-18(16)30/h6-8,14-16,21,23,28,31H,1,3-5,9-13H2,2H3;4-5,8-12,16,18,23,30H,6-7H2,1-3H3,(H,27,31)/t21-,23+;16-,18+/m11/s1. The van der Waals surface area contributed by atoms with Crippen molar-refractivity contribution in [1.82, 2.24) is 63.8 Å². The van der Waals surface area contributed by atoms with Crippen LogP contribution in [-0.2, 0) is 6.54 Å². The minimum Gasteiger partial charge on any atom is -0.391 e. The molecule has 0 aromatic carbocycles. The van der Waals surface area contributed by atoms with Gasteiger partial charge in [0, 0.05) is 104 Å². The van der Waals surface area contributed by atoms with Gasteiger partial charge in [-0.15, -0.1) is 0 Å². The van der Waals surface area contributed by atoms with Crippen molar-refractivity contribution in [3.05, 3.63) is 91.3 Å². The number of aliphatic hydroxyl groups excluding tert-OH is 1. The molecule has 1 amide bonds. The van der Waals surface area contributed by atoms with E-state index in [1.165, 1.54) is 38.5 Å². The molecule has 17 nitrogen and oxygen atoms in total. The van der Waals surface area contributed by atoms with Gasteiger partial charge in [-0.05, 0) is 76.9 Å². The Labute approximate surface area is 381 Å². The van der Waals surface area contributed by atoms with Gasteiger partial charge >= 0.3 is 0 Å². The number of hydrogen-bond donors (Lipinski definition) is 5. The van der Waals surface area contributed by atoms with E-state index in [4.69, 9.17) is 15.0 Å². The molecule has 18 heteroatoms. The lowest BCUT2D eigenvalue weighted by atomic mass is 9.89. The predicted octanol–water partition coefficient (Wildman–Crippen LogP) is 6.57. The van der Waals surface area contributed by atoms with Crippen LogP contribution in [0.1, 0.15) is 74.3 Å². The summed E-state index contributed by atoms with van der Waals surface area (Å²) >= 11 is 0. The Morgan fingerprint density at radius 2 is 1.41 bits per heavy atom. The third-order valence-corrected chi connectivity index (χ3v) is 13.1. The molecule has 0 bridgehead atoms. The third-order valence-electron chi connectivity index (χ3n) is 13.1. The second-order valence-corrected chi connectivity index (χ2v) is 17.8. The van der Waals surface area contributed by atoms with Crippen molar-refractivity contribution >= 4 is 56.6 Å². The van der Waals surface area contributed by atoms with Crippen LogP contribution in [0, 0.1) is 0 Å². The molecule has 2 saturated carbocycles. The predicted molar refractivity (Wildman–Crippen MR) is 255 cm³/mol. The van der Waals surface area contributed by atoms with Crippen molar-refractivity contribution in [2.45, 2.75) is 89.3 Å². The van der Waals surface area contributed by atoms with Crippen LogP contribution in [0.15, 0.2) is 80.2 Å². The highest BCUT2D eigenvalue weighted by Crippen LogP contribution is 2.35. The summed E-state index contributed by atoms with van der Waals surface area (Å²) in [6.07, 6.45) is 15.7. The molecule has 1 aliphatic heterocycles. The number of fused-ring (bicyclic) bond motifs is 4. The van der Waals surface area contributed by atoms with Crippen molar-refractivity contribution in [2.24, 2.45) is 0 Å². The molecule has 0 unspecified atom stereocenters. The smallest absolute Gasteiger partial charge is 0.257 e. The second kappa shape index (κ2) is 17.8. The number of likely N-dealkylation sites (tertiary alicyclic amines) is 1. The normalized spacial score (nSPS) is 19.5. The molecule has 66 heavy (non-hydrogen) atoms. The molecule has 8 aromatic heterocycles. The molecular formula is C48H56FN15O2. The van der Waals surface area contributed by atoms with Crippen LogP contribution in [0.2, 0.25) is 0 Å². The number of amides is 1. The number of nitrogens with one attached hydrogen (secondary N) is 4. The monoisotopic (exact) mass is 893 g/mol. The Kier molecular flexibility index (Phi) is 11.6. The Morgan fingerprint density at radius 1 is 0.803 bits per heavy atom. The molecule has 2 aliphatic carbocycles. The first kappa shape index (κ1) is 43.0. The third kappa shape index (κ3) is 8.08. The maximum absolute atomic E-state index is 13.5. The van der Waals surface area contributed by atoms with Crippen LogP contribution in [-0.4, -0.2) is 122 Å². The Morgan fingerprint density at radius 3 is 2.00 bits per heavy atom. The topological polar surface area (TPSA) is 185 Å². The highest BCUT2D eigenvalue weighted by molar-refractivity contribution is 6.01. The Hall–Kier alpha value is -6.92. The van der Waals surface area contributed by atoms with E-state index >= 15 is 0 Å². The largest absolute Gasteiger partial charge is 0.391 e. The van der Waals surface area contributed by atoms with Gasteiger partial charge in [-0.25, -0.2) is 24.3 Å². The number of nitrogens with zero attached hydrogens (tertiary/aromatic N) is 11. The van der Waals surface area contributed by atoms with Crippen LogP contribution < -0.4 is 21.3 Å². The van der Waals surface area contributed by atoms with E-state index in [0.29, 0.717) is 35.4 Å². The summed E-state index contributed by atoms with van der Waals surface area (Å²) in [7, 11) is 3.68. The Balaban J connectivity index is 0.000000156. The molecule has 3 fully saturated rings. The summed E-state index contributed by atoms with van der Waals surface area (Å²) in [4.78, 5) is 34.5. The van der Waals surface area contributed by atoms with E-state index in [1.54, 1.807) is 21.4 Å². The van der Waals surface area contributed by atoms with E-state index in [2.05, 4.69) is 89.4 Å². The van der Waals surface area contributed by atoms with Gasteiger partial charge < -0.3 is 40.4 Å². The van der Waals surface area contributed by atoms with Crippen molar-refractivity contribution in [2.75, 3.05) is 44.4 Å². The summed E-state index contributed by atoms with van der Waals surface area (Å²) in [6, 6.07) is 11.8. The van der Waals surface area contributed by atoms with Crippen molar-refractivity contribution in [1.29, 1.82) is 0 Å². The first-order valence-electron chi connectivity index (χ1n) is 22.9. The molecule has 4 atom stereocenters.